The number of esters is 3. The second-order valence-corrected chi connectivity index (χ2v) is 11.9. The second kappa shape index (κ2) is 13.1. The Morgan fingerprint density at radius 2 is 1.65 bits per heavy atom. The van der Waals surface area contributed by atoms with E-state index in [9.17, 15) is 19.2 Å². The molecule has 2 atom stereocenters. The number of hydrogen-bond acceptors (Lipinski definition) is 9. The second-order valence-electron chi connectivity index (χ2n) is 11.9. The van der Waals surface area contributed by atoms with E-state index in [1.54, 1.807) is 41.5 Å². The predicted molar refractivity (Wildman–Crippen MR) is 154 cm³/mol. The molecule has 232 valence electrons. The molecule has 12 nitrogen and oxygen atoms in total. The summed E-state index contributed by atoms with van der Waals surface area (Å²) in [7, 11) is 0. The van der Waals surface area contributed by atoms with Gasteiger partial charge in [0.1, 0.15) is 34.6 Å². The largest absolute Gasteiger partial charge is 0.492 e. The Kier molecular flexibility index (Phi) is 10.00. The molecule has 0 saturated carbocycles. The summed E-state index contributed by atoms with van der Waals surface area (Å²) in [5, 5.41) is 2.52. The van der Waals surface area contributed by atoms with Crippen molar-refractivity contribution < 1.29 is 42.5 Å². The maximum atomic E-state index is 15.2. The molecule has 0 fully saturated rings. The number of guanidine groups is 1. The van der Waals surface area contributed by atoms with Crippen molar-refractivity contribution in [1.82, 2.24) is 5.32 Å². The summed E-state index contributed by atoms with van der Waals surface area (Å²) in [4.78, 5) is 54.6. The third-order valence-corrected chi connectivity index (χ3v) is 5.73. The first kappa shape index (κ1) is 32.8. The Morgan fingerprint density at radius 1 is 1.02 bits per heavy atom. The smallest absolute Gasteiger partial charge is 0.343 e. The van der Waals surface area contributed by atoms with Crippen molar-refractivity contribution in [2.45, 2.75) is 77.5 Å². The summed E-state index contributed by atoms with van der Waals surface area (Å²) >= 11 is 0. The number of halogens is 1. The number of nitrogens with one attached hydrogen (secondary N) is 1. The minimum Gasteiger partial charge on any atom is -0.492 e. The lowest BCUT2D eigenvalue weighted by molar-refractivity contribution is -0.165. The molecular weight excluding hydrogens is 563 g/mol. The van der Waals surface area contributed by atoms with Crippen molar-refractivity contribution in [1.29, 1.82) is 0 Å². The maximum absolute atomic E-state index is 15.2. The molecule has 2 aromatic carbocycles. The van der Waals surface area contributed by atoms with Crippen LogP contribution in [0, 0.1) is 5.82 Å². The zero-order chi connectivity index (χ0) is 32.1. The summed E-state index contributed by atoms with van der Waals surface area (Å²) in [5.74, 6) is -4.44. The molecule has 43 heavy (non-hydrogen) atoms. The van der Waals surface area contributed by atoms with E-state index in [1.165, 1.54) is 30.3 Å². The number of benzene rings is 2. The summed E-state index contributed by atoms with van der Waals surface area (Å²) in [6.07, 6.45) is -0.700. The van der Waals surface area contributed by atoms with Crippen LogP contribution < -0.4 is 26.3 Å². The first-order chi connectivity index (χ1) is 19.9. The number of nitrogens with zero attached hydrogens (tertiary/aromatic N) is 1. The SMILES string of the molecule is CC(C)(C)OC(=O)C[C@H](NC(=O)CC1COc2cc(OC(=O)c3ccc(N=C(N)N)cc3)cc(F)c21)C(=O)OC(C)(C)C. The maximum Gasteiger partial charge on any atom is 0.343 e. The van der Waals surface area contributed by atoms with Crippen molar-refractivity contribution in [3.05, 3.63) is 53.3 Å². The average Bonchev–Trinajstić information content (AvgIpc) is 3.24. The van der Waals surface area contributed by atoms with Crippen LogP contribution >= 0.6 is 0 Å². The number of hydrogen-bond donors (Lipinski definition) is 3. The van der Waals surface area contributed by atoms with E-state index in [0.717, 1.165) is 6.07 Å². The van der Waals surface area contributed by atoms with E-state index in [1.807, 2.05) is 0 Å². The third-order valence-electron chi connectivity index (χ3n) is 5.73. The summed E-state index contributed by atoms with van der Waals surface area (Å²) < 4.78 is 36.8. The highest BCUT2D eigenvalue weighted by Crippen LogP contribution is 2.40. The Balaban J connectivity index is 1.69. The molecule has 13 heteroatoms. The molecule has 0 aromatic heterocycles. The van der Waals surface area contributed by atoms with Gasteiger partial charge in [0.05, 0.1) is 24.3 Å². The molecule has 1 amide bonds. The van der Waals surface area contributed by atoms with Crippen LogP contribution in [0.25, 0.3) is 0 Å². The van der Waals surface area contributed by atoms with Gasteiger partial charge in [-0.25, -0.2) is 19.0 Å². The van der Waals surface area contributed by atoms with E-state index in [-0.39, 0.29) is 41.6 Å². The van der Waals surface area contributed by atoms with Crippen molar-refractivity contribution in [3.63, 3.8) is 0 Å². The first-order valence-electron chi connectivity index (χ1n) is 13.5. The highest BCUT2D eigenvalue weighted by molar-refractivity contribution is 5.92. The lowest BCUT2D eigenvalue weighted by Crippen LogP contribution is -2.46. The van der Waals surface area contributed by atoms with Gasteiger partial charge in [0, 0.05) is 30.0 Å². The van der Waals surface area contributed by atoms with E-state index >= 15 is 4.39 Å². The van der Waals surface area contributed by atoms with Gasteiger partial charge in [-0.05, 0) is 65.8 Å². The summed E-state index contributed by atoms with van der Waals surface area (Å²) in [6, 6.07) is 6.99. The minimum atomic E-state index is -1.32. The van der Waals surface area contributed by atoms with Gasteiger partial charge in [0.25, 0.3) is 0 Å². The molecule has 0 radical (unpaired) electrons. The van der Waals surface area contributed by atoms with Gasteiger partial charge in [0.15, 0.2) is 5.96 Å². The summed E-state index contributed by atoms with van der Waals surface area (Å²) in [6.45, 7) is 9.97. The lowest BCUT2D eigenvalue weighted by atomic mass is 9.96. The number of nitrogens with two attached hydrogens (primary N) is 2. The monoisotopic (exact) mass is 600 g/mol. The third kappa shape index (κ3) is 9.97. The number of rotatable bonds is 9. The quantitative estimate of drug-likeness (QED) is 0.167. The molecule has 1 aliphatic rings. The van der Waals surface area contributed by atoms with Crippen LogP contribution in [0.1, 0.15) is 76.2 Å². The Hall–Kier alpha value is -4.68. The number of carbonyl (C=O) groups is 4. The van der Waals surface area contributed by atoms with Gasteiger partial charge in [-0.2, -0.15) is 0 Å². The van der Waals surface area contributed by atoms with Crippen molar-refractivity contribution in [2.75, 3.05) is 6.61 Å². The number of amides is 1. The van der Waals surface area contributed by atoms with Crippen LogP contribution in [-0.2, 0) is 23.9 Å². The molecule has 2 aromatic rings. The Bertz CT molecular complexity index is 1410. The van der Waals surface area contributed by atoms with Crippen molar-refractivity contribution in [3.8, 4) is 11.5 Å². The number of aliphatic imine (C=N–C) groups is 1. The van der Waals surface area contributed by atoms with Gasteiger partial charge < -0.3 is 35.7 Å². The molecule has 1 unspecified atom stereocenters. The number of fused-ring (bicyclic) bond motifs is 1. The molecule has 3 rings (SSSR count). The highest BCUT2D eigenvalue weighted by atomic mass is 19.1. The molecule has 5 N–H and O–H groups in total. The molecule has 1 aliphatic heterocycles. The summed E-state index contributed by atoms with van der Waals surface area (Å²) in [5.41, 5.74) is 9.75. The van der Waals surface area contributed by atoms with Gasteiger partial charge in [-0.3, -0.25) is 9.59 Å². The topological polar surface area (TPSA) is 182 Å². The molecular formula is C30H37FN4O8. The molecule has 0 bridgehead atoms. The van der Waals surface area contributed by atoms with Gasteiger partial charge in [-0.1, -0.05) is 0 Å². The fourth-order valence-corrected chi connectivity index (χ4v) is 4.16. The van der Waals surface area contributed by atoms with E-state index in [0.29, 0.717) is 5.69 Å². The molecule has 0 spiro atoms. The Morgan fingerprint density at radius 3 is 2.23 bits per heavy atom. The fourth-order valence-electron chi connectivity index (χ4n) is 4.16. The van der Waals surface area contributed by atoms with E-state index < -0.39 is 59.2 Å². The number of carbonyl (C=O) groups excluding carboxylic acids is 4. The minimum absolute atomic E-state index is 0.0352. The van der Waals surface area contributed by atoms with Gasteiger partial charge in [0.2, 0.25) is 5.91 Å². The van der Waals surface area contributed by atoms with E-state index in [4.69, 9.17) is 30.4 Å². The normalized spacial score (nSPS) is 14.9. The van der Waals surface area contributed by atoms with Crippen LogP contribution in [0.5, 0.6) is 11.5 Å². The van der Waals surface area contributed by atoms with Crippen molar-refractivity contribution >= 4 is 35.5 Å². The standard InChI is InChI=1S/C30H37FN4O8/c1-29(2,3)42-24(37)14-21(27(39)43-30(4,5)6)35-23(36)11-17-15-40-22-13-19(12-20(31)25(17)22)41-26(38)16-7-9-18(10-8-16)34-28(32)33/h7-10,12-13,17,21H,11,14-15H2,1-6H3,(H,35,36)(H4,32,33,34)/t17?,21-/m0/s1. The zero-order valence-electron chi connectivity index (χ0n) is 25.0. The van der Waals surface area contributed by atoms with Gasteiger partial charge in [-0.15, -0.1) is 0 Å². The van der Waals surface area contributed by atoms with Crippen LogP contribution in [0.15, 0.2) is 41.4 Å². The van der Waals surface area contributed by atoms with Crippen LogP contribution in [0.2, 0.25) is 0 Å². The fraction of sp³-hybridized carbons (Fsp3) is 0.433. The van der Waals surface area contributed by atoms with Crippen molar-refractivity contribution in [2.24, 2.45) is 16.5 Å². The zero-order valence-corrected chi connectivity index (χ0v) is 25.0. The highest BCUT2D eigenvalue weighted by Gasteiger charge is 2.34. The molecule has 1 heterocycles. The molecule has 0 saturated heterocycles. The van der Waals surface area contributed by atoms with Gasteiger partial charge >= 0.3 is 17.9 Å². The number of ether oxygens (including phenoxy) is 4. The predicted octanol–water partition coefficient (Wildman–Crippen LogP) is 3.37. The average molecular weight is 601 g/mol. The van der Waals surface area contributed by atoms with Crippen LogP contribution in [0.3, 0.4) is 0 Å². The van der Waals surface area contributed by atoms with E-state index in [2.05, 4.69) is 10.3 Å². The lowest BCUT2D eigenvalue weighted by Gasteiger charge is -2.26. The Labute approximate surface area is 248 Å². The van der Waals surface area contributed by atoms with Crippen LogP contribution in [-0.4, -0.2) is 53.6 Å². The molecule has 0 aliphatic carbocycles. The first-order valence-corrected chi connectivity index (χ1v) is 13.5. The van der Waals surface area contributed by atoms with Crippen LogP contribution in [0.4, 0.5) is 10.1 Å².